The van der Waals surface area contributed by atoms with Crippen molar-refractivity contribution in [2.24, 2.45) is 5.92 Å². The number of aryl methyl sites for hydroxylation is 1. The van der Waals surface area contributed by atoms with Gasteiger partial charge in [0.25, 0.3) is 0 Å². The molecule has 1 aliphatic rings. The number of carbonyl (C=O) groups is 2. The highest BCUT2D eigenvalue weighted by atomic mass is 35.5. The number of aromatic nitrogens is 4. The number of esters is 1. The predicted molar refractivity (Wildman–Crippen MR) is 132 cm³/mol. The normalized spacial score (nSPS) is 17.1. The fourth-order valence-electron chi connectivity index (χ4n) is 4.53. The van der Waals surface area contributed by atoms with Crippen molar-refractivity contribution in [1.29, 1.82) is 0 Å². The van der Waals surface area contributed by atoms with E-state index in [0.29, 0.717) is 47.5 Å². The molecule has 2 atom stereocenters. The highest BCUT2D eigenvalue weighted by Crippen LogP contribution is 2.45. The van der Waals surface area contributed by atoms with Gasteiger partial charge in [0.05, 0.1) is 39.7 Å². The Labute approximate surface area is 213 Å². The first-order valence-corrected chi connectivity index (χ1v) is 12.0. The summed E-state index contributed by atoms with van der Waals surface area (Å²) in [5, 5.41) is 15.5. The molecule has 2 unspecified atom stereocenters. The second-order valence-corrected chi connectivity index (χ2v) is 8.81. The smallest absolute Gasteiger partial charge is 0.306 e. The number of carbonyl (C=O) groups excluding carboxylic acids is 2. The van der Waals surface area contributed by atoms with Crippen molar-refractivity contribution in [3.63, 3.8) is 0 Å². The number of tetrazole rings is 1. The lowest BCUT2D eigenvalue weighted by Crippen LogP contribution is -2.27. The Bertz CT molecular complexity index is 1250. The monoisotopic (exact) mass is 513 g/mol. The minimum Gasteiger partial charge on any atom is -0.493 e. The van der Waals surface area contributed by atoms with E-state index >= 15 is 0 Å². The maximum absolute atomic E-state index is 13.3. The van der Waals surface area contributed by atoms with Gasteiger partial charge in [-0.2, -0.15) is 0 Å². The lowest BCUT2D eigenvalue weighted by molar-refractivity contribution is -0.143. The first-order valence-electron chi connectivity index (χ1n) is 11.7. The van der Waals surface area contributed by atoms with Crippen LogP contribution in [0.1, 0.15) is 42.6 Å². The van der Waals surface area contributed by atoms with Gasteiger partial charge in [0.1, 0.15) is 0 Å². The molecule has 1 amide bonds. The third-order valence-electron chi connectivity index (χ3n) is 6.20. The molecule has 2 aromatic carbocycles. The van der Waals surface area contributed by atoms with Gasteiger partial charge in [-0.3, -0.25) is 9.59 Å². The van der Waals surface area contributed by atoms with E-state index in [2.05, 4.69) is 20.8 Å². The van der Waals surface area contributed by atoms with Crippen molar-refractivity contribution < 1.29 is 23.8 Å². The van der Waals surface area contributed by atoms with E-state index in [-0.39, 0.29) is 30.8 Å². The number of nitrogens with zero attached hydrogens (tertiary/aromatic N) is 4. The maximum Gasteiger partial charge on any atom is 0.306 e. The van der Waals surface area contributed by atoms with Gasteiger partial charge in [0.2, 0.25) is 5.91 Å². The number of para-hydroxylation sites is 1. The molecule has 3 aromatic rings. The summed E-state index contributed by atoms with van der Waals surface area (Å²) in [5.41, 5.74) is 2.44. The van der Waals surface area contributed by atoms with Gasteiger partial charge in [-0.25, -0.2) is 4.68 Å². The van der Waals surface area contributed by atoms with Gasteiger partial charge in [-0.1, -0.05) is 23.7 Å². The minimum atomic E-state index is -0.484. The Morgan fingerprint density at radius 2 is 2.03 bits per heavy atom. The summed E-state index contributed by atoms with van der Waals surface area (Å²) in [5.74, 6) is 0.513. The van der Waals surface area contributed by atoms with Crippen molar-refractivity contribution in [2.45, 2.75) is 38.6 Å². The van der Waals surface area contributed by atoms with Crippen LogP contribution >= 0.6 is 11.6 Å². The van der Waals surface area contributed by atoms with E-state index in [9.17, 15) is 9.59 Å². The van der Waals surface area contributed by atoms with E-state index in [4.69, 9.17) is 25.8 Å². The predicted octanol–water partition coefficient (Wildman–Crippen LogP) is 3.63. The summed E-state index contributed by atoms with van der Waals surface area (Å²) in [7, 11) is 3.18. The number of hydrogen-bond acceptors (Lipinski definition) is 8. The summed E-state index contributed by atoms with van der Waals surface area (Å²) >= 11 is 6.37. The molecule has 36 heavy (non-hydrogen) atoms. The molecule has 1 aromatic heterocycles. The average molecular weight is 514 g/mol. The maximum atomic E-state index is 13.3. The molecule has 1 aliphatic heterocycles. The summed E-state index contributed by atoms with van der Waals surface area (Å²) in [6.07, 6.45) is 0.904. The number of benzene rings is 2. The number of amides is 1. The molecule has 2 heterocycles. The fourth-order valence-corrected chi connectivity index (χ4v) is 4.71. The van der Waals surface area contributed by atoms with Crippen LogP contribution in [-0.4, -0.2) is 52.9 Å². The molecule has 0 aliphatic carbocycles. The molecular formula is C25H28ClN5O5. The zero-order chi connectivity index (χ0) is 25.7. The van der Waals surface area contributed by atoms with Crippen LogP contribution in [0.15, 0.2) is 36.4 Å². The second kappa shape index (κ2) is 11.4. The lowest BCUT2D eigenvalue weighted by atomic mass is 9.83. The van der Waals surface area contributed by atoms with E-state index < -0.39 is 5.92 Å². The van der Waals surface area contributed by atoms with Crippen LogP contribution < -0.4 is 14.8 Å². The number of anilines is 1. The number of nitrogens with one attached hydrogen (secondary N) is 1. The van der Waals surface area contributed by atoms with Gasteiger partial charge in [0, 0.05) is 28.6 Å². The van der Waals surface area contributed by atoms with E-state index in [1.807, 2.05) is 24.3 Å². The van der Waals surface area contributed by atoms with Crippen LogP contribution in [0.5, 0.6) is 11.5 Å². The quantitative estimate of drug-likeness (QED) is 0.431. The molecule has 11 heteroatoms. The van der Waals surface area contributed by atoms with E-state index in [0.717, 1.165) is 11.1 Å². The first-order chi connectivity index (χ1) is 17.4. The minimum absolute atomic E-state index is 0.151. The molecule has 0 fully saturated rings. The molecule has 0 radical (unpaired) electrons. The molecule has 1 N–H and O–H groups in total. The van der Waals surface area contributed by atoms with Crippen LogP contribution in [0.3, 0.4) is 0 Å². The van der Waals surface area contributed by atoms with Crippen LogP contribution in [0, 0.1) is 5.92 Å². The Kier molecular flexibility index (Phi) is 8.04. The van der Waals surface area contributed by atoms with Gasteiger partial charge in [0.15, 0.2) is 17.3 Å². The Morgan fingerprint density at radius 1 is 1.19 bits per heavy atom. The second-order valence-electron chi connectivity index (χ2n) is 8.37. The third-order valence-corrected chi connectivity index (χ3v) is 6.44. The van der Waals surface area contributed by atoms with Gasteiger partial charge in [-0.05, 0) is 53.6 Å². The van der Waals surface area contributed by atoms with Crippen molar-refractivity contribution in [2.75, 3.05) is 26.1 Å². The summed E-state index contributed by atoms with van der Waals surface area (Å²) < 4.78 is 17.8. The number of halogens is 1. The molecular weight excluding hydrogens is 486 g/mol. The largest absolute Gasteiger partial charge is 0.493 e. The number of ether oxygens (including phenoxy) is 3. The number of fused-ring (bicyclic) bond motifs is 1. The summed E-state index contributed by atoms with van der Waals surface area (Å²) in [4.78, 5) is 25.2. The zero-order valence-corrected chi connectivity index (χ0v) is 21.1. The number of hydrogen-bond donors (Lipinski definition) is 1. The van der Waals surface area contributed by atoms with Crippen molar-refractivity contribution in [1.82, 2.24) is 20.2 Å². The Morgan fingerprint density at radius 3 is 2.78 bits per heavy atom. The Hall–Kier alpha value is -3.66. The van der Waals surface area contributed by atoms with Crippen LogP contribution in [0.2, 0.25) is 5.02 Å². The van der Waals surface area contributed by atoms with Crippen molar-refractivity contribution in [3.8, 4) is 11.5 Å². The Balaban J connectivity index is 1.68. The van der Waals surface area contributed by atoms with E-state index in [1.165, 1.54) is 0 Å². The molecule has 190 valence electrons. The number of rotatable bonds is 9. The van der Waals surface area contributed by atoms with Crippen LogP contribution in [-0.2, 0) is 27.3 Å². The first kappa shape index (κ1) is 25.4. The highest BCUT2D eigenvalue weighted by Gasteiger charge is 2.34. The van der Waals surface area contributed by atoms with Crippen molar-refractivity contribution in [3.05, 3.63) is 58.4 Å². The molecule has 0 bridgehead atoms. The molecule has 4 rings (SSSR count). The SMILES string of the molecule is CCOC(=O)CCc1nnnn1CC1CC(c2cccc(OC)c2OC)c2cc(Cl)ccc2NC1=O. The van der Waals surface area contributed by atoms with E-state index in [1.54, 1.807) is 38.0 Å². The highest BCUT2D eigenvalue weighted by molar-refractivity contribution is 6.30. The summed E-state index contributed by atoms with van der Waals surface area (Å²) in [6.45, 7) is 2.30. The zero-order valence-electron chi connectivity index (χ0n) is 20.4. The van der Waals surface area contributed by atoms with Crippen LogP contribution in [0.25, 0.3) is 0 Å². The number of methoxy groups -OCH3 is 2. The fraction of sp³-hybridized carbons (Fsp3) is 0.400. The van der Waals surface area contributed by atoms with Crippen molar-refractivity contribution >= 4 is 29.2 Å². The lowest BCUT2D eigenvalue weighted by Gasteiger charge is -2.23. The molecule has 0 saturated heterocycles. The average Bonchev–Trinajstić information content (AvgIpc) is 3.27. The molecule has 0 spiro atoms. The van der Waals surface area contributed by atoms with Crippen LogP contribution in [0.4, 0.5) is 5.69 Å². The molecule has 0 saturated carbocycles. The third kappa shape index (κ3) is 5.43. The molecule has 10 nitrogen and oxygen atoms in total. The summed E-state index contributed by atoms with van der Waals surface area (Å²) in [6, 6.07) is 11.1. The van der Waals surface area contributed by atoms with Gasteiger partial charge >= 0.3 is 5.97 Å². The van der Waals surface area contributed by atoms with Gasteiger partial charge in [-0.15, -0.1) is 5.10 Å². The standard InChI is InChI=1S/C25H28ClN5O5/c1-4-36-23(32)11-10-22-28-29-30-31(22)14-15-12-18(17-6-5-7-21(34-2)24(17)35-3)19-13-16(26)8-9-20(19)27-25(15)33/h5-9,13,15,18H,4,10-12,14H2,1-3H3,(H,27,33). The topological polar surface area (TPSA) is 117 Å². The van der Waals surface area contributed by atoms with Gasteiger partial charge < -0.3 is 19.5 Å².